The molecule has 24 heavy (non-hydrogen) atoms. The number of benzene rings is 1. The number of nitrogens with zero attached hydrogens (tertiary/aromatic N) is 1. The molecule has 4 nitrogen and oxygen atoms in total. The van der Waals surface area contributed by atoms with Crippen molar-refractivity contribution in [3.8, 4) is 0 Å². The number of aryl methyl sites for hydroxylation is 1. The first-order valence-electron chi connectivity index (χ1n) is 7.90. The van der Waals surface area contributed by atoms with Gasteiger partial charge in [0.2, 0.25) is 5.78 Å². The number of halogens is 1. The summed E-state index contributed by atoms with van der Waals surface area (Å²) < 4.78 is 6.32. The van der Waals surface area contributed by atoms with Crippen LogP contribution in [0.2, 0.25) is 0 Å². The minimum atomic E-state index is -0.605. The van der Waals surface area contributed by atoms with Crippen molar-refractivity contribution in [1.82, 2.24) is 4.98 Å². The van der Waals surface area contributed by atoms with Crippen molar-refractivity contribution < 1.29 is 14.3 Å². The third-order valence-electron chi connectivity index (χ3n) is 4.56. The molecule has 3 rings (SSSR count). The normalized spacial score (nSPS) is 15.4. The second-order valence-electron chi connectivity index (χ2n) is 6.13. The highest BCUT2D eigenvalue weighted by Gasteiger charge is 2.47. The van der Waals surface area contributed by atoms with E-state index in [2.05, 4.69) is 20.9 Å². The lowest BCUT2D eigenvalue weighted by Gasteiger charge is -2.39. The molecule has 0 unspecified atom stereocenters. The average molecular weight is 388 g/mol. The third-order valence-corrected chi connectivity index (χ3v) is 5.09. The minimum absolute atomic E-state index is 0.235. The van der Waals surface area contributed by atoms with Crippen LogP contribution in [0, 0.1) is 6.92 Å². The number of aromatic nitrogens is 1. The monoisotopic (exact) mass is 387 g/mol. The van der Waals surface area contributed by atoms with E-state index in [0.717, 1.165) is 35.0 Å². The predicted octanol–water partition coefficient (Wildman–Crippen LogP) is 4.00. The molecule has 5 heteroatoms. The summed E-state index contributed by atoms with van der Waals surface area (Å²) in [6.07, 6.45) is 4.02. The van der Waals surface area contributed by atoms with Gasteiger partial charge in [0.25, 0.3) is 0 Å². The van der Waals surface area contributed by atoms with Gasteiger partial charge in [-0.15, -0.1) is 0 Å². The third kappa shape index (κ3) is 3.26. The summed E-state index contributed by atoms with van der Waals surface area (Å²) in [5.74, 6) is -0.550. The Kier molecular flexibility index (Phi) is 4.81. The molecule has 0 aliphatic heterocycles. The van der Waals surface area contributed by atoms with E-state index in [1.165, 1.54) is 6.20 Å². The fourth-order valence-corrected chi connectivity index (χ4v) is 3.16. The van der Waals surface area contributed by atoms with Gasteiger partial charge in [-0.25, -0.2) is 0 Å². The summed E-state index contributed by atoms with van der Waals surface area (Å²) in [4.78, 5) is 28.9. The van der Waals surface area contributed by atoms with Crippen LogP contribution in [-0.4, -0.2) is 23.3 Å². The highest BCUT2D eigenvalue weighted by molar-refractivity contribution is 9.10. The van der Waals surface area contributed by atoms with Crippen molar-refractivity contribution in [1.29, 1.82) is 0 Å². The maximum absolute atomic E-state index is 12.6. The first kappa shape index (κ1) is 16.8. The molecule has 0 saturated heterocycles. The van der Waals surface area contributed by atoms with Crippen molar-refractivity contribution in [3.63, 3.8) is 0 Å². The van der Waals surface area contributed by atoms with Crippen molar-refractivity contribution in [2.24, 2.45) is 0 Å². The van der Waals surface area contributed by atoms with Gasteiger partial charge in [-0.05, 0) is 49.6 Å². The van der Waals surface area contributed by atoms with Gasteiger partial charge >= 0.3 is 5.97 Å². The van der Waals surface area contributed by atoms with Crippen LogP contribution in [0.25, 0.3) is 0 Å². The molecular formula is C19H18BrNO3. The highest BCUT2D eigenvalue weighted by atomic mass is 79.9. The molecule has 1 aromatic carbocycles. The lowest BCUT2D eigenvalue weighted by Crippen LogP contribution is -2.44. The van der Waals surface area contributed by atoms with Gasteiger partial charge in [0, 0.05) is 21.9 Å². The zero-order chi connectivity index (χ0) is 17.2. The van der Waals surface area contributed by atoms with Gasteiger partial charge < -0.3 is 4.74 Å². The summed E-state index contributed by atoms with van der Waals surface area (Å²) in [5.41, 5.74) is 1.64. The summed E-state index contributed by atoms with van der Waals surface area (Å²) in [6, 6.07) is 11.2. The second-order valence-corrected chi connectivity index (χ2v) is 7.05. The van der Waals surface area contributed by atoms with Crippen LogP contribution in [0.4, 0.5) is 0 Å². The van der Waals surface area contributed by atoms with Gasteiger partial charge in [0.05, 0.1) is 5.41 Å². The van der Waals surface area contributed by atoms with E-state index in [4.69, 9.17) is 4.74 Å². The Morgan fingerprint density at radius 3 is 2.42 bits per heavy atom. The van der Waals surface area contributed by atoms with Crippen molar-refractivity contribution >= 4 is 27.7 Å². The maximum Gasteiger partial charge on any atom is 0.317 e. The van der Waals surface area contributed by atoms with E-state index in [1.54, 1.807) is 12.1 Å². The van der Waals surface area contributed by atoms with E-state index in [9.17, 15) is 9.59 Å². The SMILES string of the molecule is Cc1ccc(C(=O)COC(=O)C2(c3ccc(Br)cc3)CCC2)cn1. The molecule has 0 N–H and O–H groups in total. The maximum atomic E-state index is 12.6. The van der Waals surface area contributed by atoms with Crippen LogP contribution < -0.4 is 0 Å². The molecule has 0 bridgehead atoms. The van der Waals surface area contributed by atoms with Gasteiger partial charge in [-0.1, -0.05) is 34.5 Å². The van der Waals surface area contributed by atoms with Gasteiger partial charge in [0.15, 0.2) is 6.61 Å². The minimum Gasteiger partial charge on any atom is -0.457 e. The Labute approximate surface area is 149 Å². The molecule has 124 valence electrons. The van der Waals surface area contributed by atoms with E-state index < -0.39 is 5.41 Å². The number of hydrogen-bond donors (Lipinski definition) is 0. The van der Waals surface area contributed by atoms with Crippen LogP contribution in [0.5, 0.6) is 0 Å². The topological polar surface area (TPSA) is 56.3 Å². The first-order chi connectivity index (χ1) is 11.5. The van der Waals surface area contributed by atoms with Crippen LogP contribution in [0.3, 0.4) is 0 Å². The summed E-state index contributed by atoms with van der Waals surface area (Å²) in [5, 5.41) is 0. The number of ketones is 1. The van der Waals surface area contributed by atoms with Crippen LogP contribution >= 0.6 is 15.9 Å². The Morgan fingerprint density at radius 1 is 1.17 bits per heavy atom. The van der Waals surface area contributed by atoms with Crippen LogP contribution in [-0.2, 0) is 14.9 Å². The zero-order valence-corrected chi connectivity index (χ0v) is 15.0. The van der Waals surface area contributed by atoms with Crippen LogP contribution in [0.1, 0.15) is 40.9 Å². The van der Waals surface area contributed by atoms with Crippen LogP contribution in [0.15, 0.2) is 47.1 Å². The van der Waals surface area contributed by atoms with Gasteiger partial charge in [-0.3, -0.25) is 14.6 Å². The Morgan fingerprint density at radius 2 is 1.88 bits per heavy atom. The molecular weight excluding hydrogens is 370 g/mol. The fraction of sp³-hybridized carbons (Fsp3) is 0.316. The lowest BCUT2D eigenvalue weighted by molar-refractivity contribution is -0.153. The smallest absolute Gasteiger partial charge is 0.317 e. The molecule has 2 aromatic rings. The Bertz CT molecular complexity index is 749. The van der Waals surface area contributed by atoms with E-state index in [0.29, 0.717) is 5.56 Å². The number of ether oxygens (including phenoxy) is 1. The number of Topliss-reactive ketones (excluding diaryl/α,β-unsaturated/α-hetero) is 1. The molecule has 1 fully saturated rings. The summed E-state index contributed by atoms with van der Waals surface area (Å²) in [7, 11) is 0. The Balaban J connectivity index is 1.68. The number of rotatable bonds is 5. The number of esters is 1. The first-order valence-corrected chi connectivity index (χ1v) is 8.70. The number of hydrogen-bond acceptors (Lipinski definition) is 4. The molecule has 0 radical (unpaired) electrons. The molecule has 1 heterocycles. The second kappa shape index (κ2) is 6.85. The predicted molar refractivity (Wildman–Crippen MR) is 93.9 cm³/mol. The highest BCUT2D eigenvalue weighted by Crippen LogP contribution is 2.45. The van der Waals surface area contributed by atoms with Crippen molar-refractivity contribution in [2.45, 2.75) is 31.6 Å². The van der Waals surface area contributed by atoms with E-state index >= 15 is 0 Å². The number of carbonyl (C=O) groups excluding carboxylic acids is 2. The molecule has 0 spiro atoms. The average Bonchev–Trinajstić information content (AvgIpc) is 2.54. The summed E-state index contributed by atoms with van der Waals surface area (Å²) in [6.45, 7) is 1.61. The zero-order valence-electron chi connectivity index (χ0n) is 13.4. The van der Waals surface area contributed by atoms with Gasteiger partial charge in [0.1, 0.15) is 0 Å². The molecule has 0 atom stereocenters. The van der Waals surface area contributed by atoms with Gasteiger partial charge in [-0.2, -0.15) is 0 Å². The quantitative estimate of drug-likeness (QED) is 0.574. The molecule has 1 aliphatic rings. The molecule has 1 saturated carbocycles. The molecule has 1 aromatic heterocycles. The lowest BCUT2D eigenvalue weighted by atomic mass is 9.64. The standard InChI is InChI=1S/C19H18BrNO3/c1-13-3-4-14(11-21-13)17(22)12-24-18(23)19(9-2-10-19)15-5-7-16(20)8-6-15/h3-8,11H,2,9-10,12H2,1H3. The largest absolute Gasteiger partial charge is 0.457 e. The van der Waals surface area contributed by atoms with Crippen molar-refractivity contribution in [3.05, 3.63) is 63.9 Å². The number of carbonyl (C=O) groups is 2. The Hall–Kier alpha value is -2.01. The fourth-order valence-electron chi connectivity index (χ4n) is 2.90. The molecule has 1 aliphatic carbocycles. The van der Waals surface area contributed by atoms with E-state index in [1.807, 2.05) is 31.2 Å². The van der Waals surface area contributed by atoms with Crippen molar-refractivity contribution in [2.75, 3.05) is 6.61 Å². The van der Waals surface area contributed by atoms with E-state index in [-0.39, 0.29) is 18.4 Å². The molecule has 0 amide bonds. The summed E-state index contributed by atoms with van der Waals surface area (Å²) >= 11 is 3.40. The number of pyridine rings is 1.